The lowest BCUT2D eigenvalue weighted by atomic mass is 10.1. The summed E-state index contributed by atoms with van der Waals surface area (Å²) in [6.45, 7) is 6.72. The standard InChI is InChI=1S/C16H25N3O5S/c1-11(14(20)21)10-19(5)15(22)17-12-7-6-8-13(9-12)25(23,24)18-16(2,3)4/h6-9,11,18H,10H2,1-5H3,(H,17,22)(H,20,21). The number of rotatable bonds is 6. The second kappa shape index (κ2) is 7.83. The Hall–Kier alpha value is -2.13. The molecule has 9 heteroatoms. The molecule has 0 heterocycles. The molecule has 8 nitrogen and oxygen atoms in total. The molecule has 0 spiro atoms. The van der Waals surface area contributed by atoms with Gasteiger partial charge in [-0.3, -0.25) is 4.79 Å². The van der Waals surface area contributed by atoms with Crippen LogP contribution in [-0.4, -0.2) is 49.6 Å². The van der Waals surface area contributed by atoms with E-state index >= 15 is 0 Å². The van der Waals surface area contributed by atoms with E-state index in [0.717, 1.165) is 0 Å². The van der Waals surface area contributed by atoms with Crippen molar-refractivity contribution in [2.75, 3.05) is 18.9 Å². The van der Waals surface area contributed by atoms with Crippen LogP contribution in [0.25, 0.3) is 0 Å². The number of nitrogens with zero attached hydrogens (tertiary/aromatic N) is 1. The zero-order valence-electron chi connectivity index (χ0n) is 15.0. The second-order valence-corrected chi connectivity index (χ2v) is 8.62. The van der Waals surface area contributed by atoms with Gasteiger partial charge in [-0.05, 0) is 39.0 Å². The first-order valence-corrected chi connectivity index (χ1v) is 9.19. The predicted octanol–water partition coefficient (Wildman–Crippen LogP) is 1.95. The number of hydrogen-bond acceptors (Lipinski definition) is 4. The molecule has 1 unspecified atom stereocenters. The topological polar surface area (TPSA) is 116 Å². The van der Waals surface area contributed by atoms with Crippen LogP contribution in [0, 0.1) is 5.92 Å². The largest absolute Gasteiger partial charge is 0.481 e. The molecule has 0 aliphatic heterocycles. The van der Waals surface area contributed by atoms with Crippen molar-refractivity contribution in [2.45, 2.75) is 38.1 Å². The number of urea groups is 1. The van der Waals surface area contributed by atoms with Gasteiger partial charge in [-0.1, -0.05) is 13.0 Å². The number of amides is 2. The lowest BCUT2D eigenvalue weighted by Crippen LogP contribution is -2.40. The highest BCUT2D eigenvalue weighted by atomic mass is 32.2. The summed E-state index contributed by atoms with van der Waals surface area (Å²) in [6, 6.07) is 5.33. The molecular weight excluding hydrogens is 346 g/mol. The quantitative estimate of drug-likeness (QED) is 0.707. The summed E-state index contributed by atoms with van der Waals surface area (Å²) in [7, 11) is -2.25. The van der Waals surface area contributed by atoms with E-state index in [1.165, 1.54) is 37.1 Å². The summed E-state index contributed by atoms with van der Waals surface area (Å²) in [6.07, 6.45) is 0. The number of hydrogen-bond donors (Lipinski definition) is 3. The monoisotopic (exact) mass is 371 g/mol. The van der Waals surface area contributed by atoms with E-state index in [1.54, 1.807) is 26.8 Å². The Morgan fingerprint density at radius 3 is 2.40 bits per heavy atom. The number of benzene rings is 1. The normalized spacial score (nSPS) is 13.2. The van der Waals surface area contributed by atoms with Gasteiger partial charge < -0.3 is 15.3 Å². The number of carbonyl (C=O) groups is 2. The smallest absolute Gasteiger partial charge is 0.321 e. The summed E-state index contributed by atoms with van der Waals surface area (Å²) in [5.74, 6) is -1.71. The van der Waals surface area contributed by atoms with Crippen molar-refractivity contribution < 1.29 is 23.1 Å². The van der Waals surface area contributed by atoms with Crippen molar-refractivity contribution in [1.29, 1.82) is 0 Å². The molecule has 0 aliphatic rings. The molecule has 1 aromatic carbocycles. The lowest BCUT2D eigenvalue weighted by Gasteiger charge is -2.21. The van der Waals surface area contributed by atoms with Crippen molar-refractivity contribution >= 4 is 27.7 Å². The average Bonchev–Trinajstić information content (AvgIpc) is 2.44. The number of carbonyl (C=O) groups excluding carboxylic acids is 1. The van der Waals surface area contributed by atoms with E-state index < -0.39 is 33.5 Å². The fraction of sp³-hybridized carbons (Fsp3) is 0.500. The van der Waals surface area contributed by atoms with Crippen LogP contribution in [-0.2, 0) is 14.8 Å². The average molecular weight is 371 g/mol. The van der Waals surface area contributed by atoms with Gasteiger partial charge in [0.1, 0.15) is 0 Å². The number of carboxylic acid groups (broad SMARTS) is 1. The maximum atomic E-state index is 12.3. The molecule has 0 aliphatic carbocycles. The third-order valence-electron chi connectivity index (χ3n) is 3.15. The molecule has 1 aromatic rings. The van der Waals surface area contributed by atoms with Gasteiger partial charge in [0.15, 0.2) is 0 Å². The number of anilines is 1. The summed E-state index contributed by atoms with van der Waals surface area (Å²) in [5, 5.41) is 11.5. The Morgan fingerprint density at radius 2 is 1.88 bits per heavy atom. The number of sulfonamides is 1. The third kappa shape index (κ3) is 6.71. The molecule has 0 saturated heterocycles. The fourth-order valence-corrected chi connectivity index (χ4v) is 3.46. The molecule has 0 fully saturated rings. The lowest BCUT2D eigenvalue weighted by molar-refractivity contribution is -0.141. The van der Waals surface area contributed by atoms with Gasteiger partial charge in [0.05, 0.1) is 10.8 Å². The SMILES string of the molecule is CC(CN(C)C(=O)Nc1cccc(S(=O)(=O)NC(C)(C)C)c1)C(=O)O. The molecule has 0 radical (unpaired) electrons. The van der Waals surface area contributed by atoms with Crippen LogP contribution in [0.1, 0.15) is 27.7 Å². The highest BCUT2D eigenvalue weighted by Gasteiger charge is 2.23. The summed E-state index contributed by atoms with van der Waals surface area (Å²) in [4.78, 5) is 24.2. The van der Waals surface area contributed by atoms with Crippen molar-refractivity contribution in [1.82, 2.24) is 9.62 Å². The molecule has 0 saturated carbocycles. The Balaban J connectivity index is 2.88. The van der Waals surface area contributed by atoms with Crippen LogP contribution in [0.2, 0.25) is 0 Å². The molecule has 3 N–H and O–H groups in total. The first-order valence-electron chi connectivity index (χ1n) is 7.71. The van der Waals surface area contributed by atoms with Crippen molar-refractivity contribution in [3.8, 4) is 0 Å². The molecule has 25 heavy (non-hydrogen) atoms. The summed E-state index contributed by atoms with van der Waals surface area (Å²) in [5.41, 5.74) is -0.331. The summed E-state index contributed by atoms with van der Waals surface area (Å²) < 4.78 is 27.2. The third-order valence-corrected chi connectivity index (χ3v) is 4.91. The van der Waals surface area contributed by atoms with Gasteiger partial charge >= 0.3 is 12.0 Å². The number of nitrogens with one attached hydrogen (secondary N) is 2. The second-order valence-electron chi connectivity index (χ2n) is 6.93. The minimum atomic E-state index is -3.72. The number of aliphatic carboxylic acids is 1. The fourth-order valence-electron chi connectivity index (χ4n) is 1.99. The van der Waals surface area contributed by atoms with E-state index in [9.17, 15) is 18.0 Å². The van der Waals surface area contributed by atoms with E-state index in [4.69, 9.17) is 5.11 Å². The molecule has 2 amide bonds. The zero-order chi connectivity index (χ0) is 19.4. The Morgan fingerprint density at radius 1 is 1.28 bits per heavy atom. The van der Waals surface area contributed by atoms with Gasteiger partial charge in [-0.15, -0.1) is 0 Å². The highest BCUT2D eigenvalue weighted by Crippen LogP contribution is 2.18. The van der Waals surface area contributed by atoms with Gasteiger partial charge in [0, 0.05) is 24.8 Å². The van der Waals surface area contributed by atoms with Crippen LogP contribution < -0.4 is 10.0 Å². The summed E-state index contributed by atoms with van der Waals surface area (Å²) >= 11 is 0. The van der Waals surface area contributed by atoms with Gasteiger partial charge in [-0.2, -0.15) is 0 Å². The zero-order valence-corrected chi connectivity index (χ0v) is 15.8. The van der Waals surface area contributed by atoms with Crippen LogP contribution in [0.15, 0.2) is 29.2 Å². The number of carboxylic acids is 1. The van der Waals surface area contributed by atoms with Crippen LogP contribution in [0.5, 0.6) is 0 Å². The van der Waals surface area contributed by atoms with Crippen molar-refractivity contribution in [3.05, 3.63) is 24.3 Å². The minimum absolute atomic E-state index is 0.0294. The van der Waals surface area contributed by atoms with Gasteiger partial charge in [0.25, 0.3) is 0 Å². The highest BCUT2D eigenvalue weighted by molar-refractivity contribution is 7.89. The molecule has 140 valence electrons. The van der Waals surface area contributed by atoms with Crippen molar-refractivity contribution in [3.63, 3.8) is 0 Å². The van der Waals surface area contributed by atoms with Gasteiger partial charge in [-0.25, -0.2) is 17.9 Å². The molecule has 1 rings (SSSR count). The molecular formula is C16H25N3O5S. The molecule has 0 aromatic heterocycles. The predicted molar refractivity (Wildman–Crippen MR) is 95.0 cm³/mol. The van der Waals surface area contributed by atoms with Crippen molar-refractivity contribution in [2.24, 2.45) is 5.92 Å². The van der Waals surface area contributed by atoms with Crippen LogP contribution in [0.3, 0.4) is 0 Å². The molecule has 1 atom stereocenters. The Labute approximate surface area is 148 Å². The van der Waals surface area contributed by atoms with E-state index in [0.29, 0.717) is 5.69 Å². The maximum absolute atomic E-state index is 12.3. The first-order chi connectivity index (χ1) is 11.3. The van der Waals surface area contributed by atoms with Crippen LogP contribution in [0.4, 0.5) is 10.5 Å². The van der Waals surface area contributed by atoms with Gasteiger partial charge in [0.2, 0.25) is 10.0 Å². The van der Waals surface area contributed by atoms with E-state index in [-0.39, 0.29) is 11.4 Å². The first kappa shape index (κ1) is 20.9. The van der Waals surface area contributed by atoms with Crippen LogP contribution >= 0.6 is 0 Å². The van der Waals surface area contributed by atoms with E-state index in [1.807, 2.05) is 0 Å². The maximum Gasteiger partial charge on any atom is 0.321 e. The Kier molecular flexibility index (Phi) is 6.55. The Bertz CT molecular complexity index is 740. The molecule has 0 bridgehead atoms. The minimum Gasteiger partial charge on any atom is -0.481 e. The van der Waals surface area contributed by atoms with E-state index in [2.05, 4.69) is 10.0 Å².